The summed E-state index contributed by atoms with van der Waals surface area (Å²) in [4.78, 5) is 32.6. The van der Waals surface area contributed by atoms with Crippen molar-refractivity contribution in [3.63, 3.8) is 0 Å². The first-order chi connectivity index (χ1) is 14.6. The summed E-state index contributed by atoms with van der Waals surface area (Å²) in [6.45, 7) is 7.84. The molecule has 0 bridgehead atoms. The van der Waals surface area contributed by atoms with Gasteiger partial charge in [-0.25, -0.2) is 4.98 Å². The van der Waals surface area contributed by atoms with Gasteiger partial charge in [0.2, 0.25) is 11.9 Å². The van der Waals surface area contributed by atoms with Gasteiger partial charge in [0.25, 0.3) is 5.91 Å². The van der Waals surface area contributed by atoms with E-state index in [-0.39, 0.29) is 11.8 Å². The first kappa shape index (κ1) is 20.4. The second-order valence-corrected chi connectivity index (χ2v) is 8.12. The molecule has 1 aliphatic heterocycles. The number of rotatable bonds is 7. The van der Waals surface area contributed by atoms with Crippen molar-refractivity contribution in [1.82, 2.24) is 14.5 Å². The number of thioether (sulfide) groups is 1. The average molecular weight is 424 g/mol. The third-order valence-electron chi connectivity index (χ3n) is 5.29. The molecule has 0 radical (unpaired) electrons. The Labute approximate surface area is 179 Å². The van der Waals surface area contributed by atoms with Crippen LogP contribution in [-0.4, -0.2) is 51.7 Å². The number of nitrogens with zero attached hydrogens (tertiary/aromatic N) is 3. The van der Waals surface area contributed by atoms with Crippen molar-refractivity contribution in [2.24, 2.45) is 0 Å². The minimum atomic E-state index is -0.248. The van der Waals surface area contributed by atoms with E-state index in [2.05, 4.69) is 38.9 Å². The van der Waals surface area contributed by atoms with E-state index < -0.39 is 0 Å². The van der Waals surface area contributed by atoms with Crippen LogP contribution in [0, 0.1) is 0 Å². The van der Waals surface area contributed by atoms with Gasteiger partial charge >= 0.3 is 0 Å². The number of carbonyl (C=O) groups excluding carboxylic acids is 2. The lowest BCUT2D eigenvalue weighted by Gasteiger charge is -2.19. The van der Waals surface area contributed by atoms with E-state index in [1.54, 1.807) is 12.1 Å². The molecular formula is C22H25N5O2S. The Balaban J connectivity index is 1.60. The highest BCUT2D eigenvalue weighted by Crippen LogP contribution is 2.32. The summed E-state index contributed by atoms with van der Waals surface area (Å²) in [7, 11) is 0. The zero-order valence-electron chi connectivity index (χ0n) is 17.1. The molecule has 0 unspecified atom stereocenters. The molecule has 0 saturated heterocycles. The van der Waals surface area contributed by atoms with Crippen molar-refractivity contribution in [2.45, 2.75) is 25.3 Å². The lowest BCUT2D eigenvalue weighted by Crippen LogP contribution is -2.27. The Hall–Kier alpha value is -2.84. The zero-order chi connectivity index (χ0) is 21.1. The van der Waals surface area contributed by atoms with Crippen LogP contribution in [0.1, 0.15) is 24.2 Å². The normalized spacial score (nSPS) is 13.4. The fraction of sp³-hybridized carbons (Fsp3) is 0.318. The van der Waals surface area contributed by atoms with E-state index in [9.17, 15) is 9.59 Å². The number of fused-ring (bicyclic) bond motifs is 2. The fourth-order valence-corrected chi connectivity index (χ4v) is 4.37. The smallest absolute Gasteiger partial charge is 0.258 e. The van der Waals surface area contributed by atoms with Gasteiger partial charge < -0.3 is 14.8 Å². The summed E-state index contributed by atoms with van der Waals surface area (Å²) < 4.78 is 2.06. The van der Waals surface area contributed by atoms with Crippen LogP contribution in [0.15, 0.2) is 47.4 Å². The van der Waals surface area contributed by atoms with Gasteiger partial charge in [-0.1, -0.05) is 26.0 Å². The number of nitrogens with one attached hydrogen (secondary N) is 2. The molecule has 7 nitrogen and oxygen atoms in total. The Morgan fingerprint density at radius 2 is 2.03 bits per heavy atom. The third kappa shape index (κ3) is 4.20. The van der Waals surface area contributed by atoms with Gasteiger partial charge in [-0.15, -0.1) is 11.8 Å². The molecular weight excluding hydrogens is 398 g/mol. The third-order valence-corrected chi connectivity index (χ3v) is 6.36. The number of para-hydroxylation sites is 2. The van der Waals surface area contributed by atoms with Crippen molar-refractivity contribution in [3.05, 3.63) is 48.0 Å². The van der Waals surface area contributed by atoms with Gasteiger partial charge in [-0.2, -0.15) is 0 Å². The molecule has 2 aromatic carbocycles. The SMILES string of the molecule is CCN(CC)CCn1c(NC(=O)c2ccc3c(c2)NC(=O)CS3)nc2ccccc21. The van der Waals surface area contributed by atoms with Crippen molar-refractivity contribution in [1.29, 1.82) is 0 Å². The molecule has 30 heavy (non-hydrogen) atoms. The first-order valence-corrected chi connectivity index (χ1v) is 11.1. The predicted octanol–water partition coefficient (Wildman–Crippen LogP) is 3.67. The van der Waals surface area contributed by atoms with Crippen LogP contribution in [0.3, 0.4) is 0 Å². The van der Waals surface area contributed by atoms with Crippen LogP contribution >= 0.6 is 11.8 Å². The Morgan fingerprint density at radius 1 is 1.23 bits per heavy atom. The van der Waals surface area contributed by atoms with E-state index >= 15 is 0 Å². The lowest BCUT2D eigenvalue weighted by molar-refractivity contribution is -0.113. The minimum Gasteiger partial charge on any atom is -0.324 e. The maximum absolute atomic E-state index is 13.0. The van der Waals surface area contributed by atoms with Crippen molar-refractivity contribution in [3.8, 4) is 0 Å². The molecule has 1 aliphatic rings. The molecule has 156 valence electrons. The van der Waals surface area contributed by atoms with Gasteiger partial charge in [-0.3, -0.25) is 14.9 Å². The van der Waals surface area contributed by atoms with Crippen molar-refractivity contribution in [2.75, 3.05) is 36.0 Å². The Morgan fingerprint density at radius 3 is 2.83 bits per heavy atom. The topological polar surface area (TPSA) is 79.3 Å². The minimum absolute atomic E-state index is 0.0525. The summed E-state index contributed by atoms with van der Waals surface area (Å²) in [6.07, 6.45) is 0. The molecule has 1 aromatic heterocycles. The highest BCUT2D eigenvalue weighted by molar-refractivity contribution is 8.00. The van der Waals surface area contributed by atoms with Crippen molar-refractivity contribution >= 4 is 46.2 Å². The van der Waals surface area contributed by atoms with Crippen LogP contribution in [-0.2, 0) is 11.3 Å². The molecule has 0 saturated carbocycles. The molecule has 4 rings (SSSR count). The van der Waals surface area contributed by atoms with Crippen LogP contribution in [0.25, 0.3) is 11.0 Å². The Bertz CT molecular complexity index is 1090. The van der Waals surface area contributed by atoms with Crippen LogP contribution in [0.5, 0.6) is 0 Å². The molecule has 0 spiro atoms. The molecule has 3 aromatic rings. The highest BCUT2D eigenvalue weighted by Gasteiger charge is 2.19. The molecule has 2 N–H and O–H groups in total. The van der Waals surface area contributed by atoms with Crippen LogP contribution in [0.4, 0.5) is 11.6 Å². The number of hydrogen-bond acceptors (Lipinski definition) is 5. The summed E-state index contributed by atoms with van der Waals surface area (Å²) in [5.74, 6) is 0.629. The molecule has 0 atom stereocenters. The second-order valence-electron chi connectivity index (χ2n) is 7.10. The Kier molecular flexibility index (Phi) is 6.06. The number of imidazole rings is 1. The van der Waals surface area contributed by atoms with E-state index in [0.29, 0.717) is 23.0 Å². The fourth-order valence-electron chi connectivity index (χ4n) is 3.58. The summed E-state index contributed by atoms with van der Waals surface area (Å²) >= 11 is 1.48. The van der Waals surface area contributed by atoms with Gasteiger partial charge in [0.1, 0.15) is 0 Å². The molecule has 0 aliphatic carbocycles. The summed E-state index contributed by atoms with van der Waals surface area (Å²) in [5, 5.41) is 5.80. The standard InChI is InChI=1S/C22H25N5O2S/c1-3-26(4-2)11-12-27-18-8-6-5-7-16(18)24-22(27)25-21(29)15-9-10-19-17(13-15)23-20(28)14-30-19/h5-10,13H,3-4,11-12,14H2,1-2H3,(H,23,28)(H,24,25,29). The number of hydrogen-bond donors (Lipinski definition) is 2. The van der Waals surface area contributed by atoms with E-state index in [1.165, 1.54) is 11.8 Å². The largest absolute Gasteiger partial charge is 0.324 e. The maximum Gasteiger partial charge on any atom is 0.258 e. The summed E-state index contributed by atoms with van der Waals surface area (Å²) in [5.41, 5.74) is 3.01. The monoisotopic (exact) mass is 423 g/mol. The zero-order valence-corrected chi connectivity index (χ0v) is 18.0. The second kappa shape index (κ2) is 8.89. The van der Waals surface area contributed by atoms with Crippen molar-refractivity contribution < 1.29 is 9.59 Å². The molecule has 2 heterocycles. The first-order valence-electron chi connectivity index (χ1n) is 10.1. The summed E-state index contributed by atoms with van der Waals surface area (Å²) in [6, 6.07) is 13.3. The number of amides is 2. The lowest BCUT2D eigenvalue weighted by atomic mass is 10.2. The maximum atomic E-state index is 13.0. The van der Waals surface area contributed by atoms with Gasteiger partial charge in [0.15, 0.2) is 0 Å². The quantitative estimate of drug-likeness (QED) is 0.606. The van der Waals surface area contributed by atoms with E-state index in [4.69, 9.17) is 0 Å². The van der Waals surface area contributed by atoms with Gasteiger partial charge in [0, 0.05) is 23.5 Å². The highest BCUT2D eigenvalue weighted by atomic mass is 32.2. The van der Waals surface area contributed by atoms with Gasteiger partial charge in [-0.05, 0) is 43.4 Å². The van der Waals surface area contributed by atoms with Crippen LogP contribution in [0.2, 0.25) is 0 Å². The average Bonchev–Trinajstić information content (AvgIpc) is 3.11. The molecule has 0 fully saturated rings. The number of carbonyl (C=O) groups is 2. The molecule has 8 heteroatoms. The van der Waals surface area contributed by atoms with E-state index in [0.717, 1.165) is 42.1 Å². The number of benzene rings is 2. The van der Waals surface area contributed by atoms with Crippen LogP contribution < -0.4 is 10.6 Å². The number of anilines is 2. The van der Waals surface area contributed by atoms with Gasteiger partial charge in [0.05, 0.1) is 22.5 Å². The molecule has 2 amide bonds. The predicted molar refractivity (Wildman–Crippen MR) is 121 cm³/mol. The number of aromatic nitrogens is 2. The number of likely N-dealkylation sites (N-methyl/N-ethyl adjacent to an activating group) is 1. The van der Waals surface area contributed by atoms with E-state index in [1.807, 2.05) is 30.3 Å².